The lowest BCUT2D eigenvalue weighted by Gasteiger charge is -2.11. The molecule has 0 aliphatic carbocycles. The van der Waals surface area contributed by atoms with E-state index in [1.165, 1.54) is 12.1 Å². The lowest BCUT2D eigenvalue weighted by molar-refractivity contribution is 0.174. The van der Waals surface area contributed by atoms with E-state index in [0.29, 0.717) is 5.22 Å². The monoisotopic (exact) mass is 279 g/mol. The minimum absolute atomic E-state index is 0.124. The van der Waals surface area contributed by atoms with Gasteiger partial charge in [0.05, 0.1) is 11.8 Å². The second kappa shape index (κ2) is 6.20. The molecule has 0 unspecified atom stereocenters. The van der Waals surface area contributed by atoms with E-state index in [2.05, 4.69) is 10.2 Å². The topological polar surface area (TPSA) is 71.9 Å². The quantitative estimate of drug-likeness (QED) is 0.783. The van der Waals surface area contributed by atoms with Crippen LogP contribution in [0.15, 0.2) is 33.9 Å². The number of ether oxygens (including phenoxy) is 1. The van der Waals surface area contributed by atoms with Crippen molar-refractivity contribution < 1.29 is 13.5 Å². The van der Waals surface area contributed by atoms with Crippen LogP contribution < -0.4 is 4.74 Å². The normalized spacial score (nSPS) is 11.8. The fraction of sp³-hybridized carbons (Fsp3) is 0.250. The van der Waals surface area contributed by atoms with Crippen molar-refractivity contribution in [1.29, 1.82) is 5.26 Å². The van der Waals surface area contributed by atoms with E-state index in [-0.39, 0.29) is 17.4 Å². The molecule has 1 aromatic carbocycles. The van der Waals surface area contributed by atoms with Crippen molar-refractivity contribution in [2.24, 2.45) is 0 Å². The van der Waals surface area contributed by atoms with E-state index < -0.39 is 11.9 Å². The van der Waals surface area contributed by atoms with Crippen LogP contribution in [0, 0.1) is 17.1 Å². The number of para-hydroxylation sites is 1. The molecule has 0 spiro atoms. The van der Waals surface area contributed by atoms with Crippen LogP contribution in [0.2, 0.25) is 0 Å². The molecule has 0 fully saturated rings. The fourth-order valence-electron chi connectivity index (χ4n) is 1.32. The maximum absolute atomic E-state index is 13.4. The molecule has 2 aromatic rings. The third-order valence-electron chi connectivity index (χ3n) is 2.17. The molecule has 5 nitrogen and oxygen atoms in total. The summed E-state index contributed by atoms with van der Waals surface area (Å²) in [7, 11) is 0. The summed E-state index contributed by atoms with van der Waals surface area (Å²) in [6.07, 6.45) is -0.569. The van der Waals surface area contributed by atoms with Crippen LogP contribution >= 0.6 is 11.8 Å². The smallest absolute Gasteiger partial charge is 0.277 e. The summed E-state index contributed by atoms with van der Waals surface area (Å²) >= 11 is 1.14. The Balaban J connectivity index is 2.04. The Bertz CT molecular complexity index is 597. The first-order valence-corrected chi connectivity index (χ1v) is 6.43. The number of hydrogen-bond donors (Lipinski definition) is 0. The number of aromatic nitrogens is 2. The van der Waals surface area contributed by atoms with E-state index in [1.807, 2.05) is 6.07 Å². The van der Waals surface area contributed by atoms with Gasteiger partial charge in [0.15, 0.2) is 17.7 Å². The minimum Gasteiger partial charge on any atom is -0.478 e. The Morgan fingerprint density at radius 3 is 3.00 bits per heavy atom. The molecule has 1 aromatic heterocycles. The van der Waals surface area contributed by atoms with E-state index in [4.69, 9.17) is 14.4 Å². The van der Waals surface area contributed by atoms with Gasteiger partial charge in [-0.3, -0.25) is 0 Å². The molecule has 2 rings (SSSR count). The zero-order valence-electron chi connectivity index (χ0n) is 10.0. The lowest BCUT2D eigenvalue weighted by Crippen LogP contribution is -2.04. The predicted octanol–water partition coefficient (Wildman–Crippen LogP) is 2.96. The number of benzene rings is 1. The second-order valence-electron chi connectivity index (χ2n) is 3.54. The van der Waals surface area contributed by atoms with Gasteiger partial charge in [0.25, 0.3) is 11.1 Å². The average molecular weight is 279 g/mol. The van der Waals surface area contributed by atoms with Crippen molar-refractivity contribution in [3.8, 4) is 11.8 Å². The third kappa shape index (κ3) is 3.45. The van der Waals surface area contributed by atoms with Gasteiger partial charge in [-0.05, 0) is 19.1 Å². The van der Waals surface area contributed by atoms with Crippen LogP contribution in [0.4, 0.5) is 4.39 Å². The van der Waals surface area contributed by atoms with Gasteiger partial charge in [0.2, 0.25) is 0 Å². The van der Waals surface area contributed by atoms with Crippen molar-refractivity contribution in [3.05, 3.63) is 36.0 Å². The molecular weight excluding hydrogens is 269 g/mol. The van der Waals surface area contributed by atoms with Crippen LogP contribution in [0.3, 0.4) is 0 Å². The van der Waals surface area contributed by atoms with Gasteiger partial charge < -0.3 is 9.15 Å². The largest absolute Gasteiger partial charge is 0.478 e. The van der Waals surface area contributed by atoms with Gasteiger partial charge in [-0.25, -0.2) is 4.39 Å². The van der Waals surface area contributed by atoms with E-state index in [1.54, 1.807) is 19.1 Å². The summed E-state index contributed by atoms with van der Waals surface area (Å²) in [5.74, 6) is 0.139. The van der Waals surface area contributed by atoms with E-state index in [9.17, 15) is 4.39 Å². The summed E-state index contributed by atoms with van der Waals surface area (Å²) in [6.45, 7) is 1.68. The first-order valence-electron chi connectivity index (χ1n) is 5.45. The molecule has 0 bridgehead atoms. The van der Waals surface area contributed by atoms with Crippen LogP contribution in [0.5, 0.6) is 5.75 Å². The van der Waals surface area contributed by atoms with Gasteiger partial charge in [0, 0.05) is 0 Å². The summed E-state index contributed by atoms with van der Waals surface area (Å²) < 4.78 is 24.1. The van der Waals surface area contributed by atoms with Crippen LogP contribution in [0.25, 0.3) is 0 Å². The van der Waals surface area contributed by atoms with Gasteiger partial charge >= 0.3 is 0 Å². The molecule has 0 amide bonds. The first kappa shape index (κ1) is 13.4. The molecule has 1 atom stereocenters. The molecule has 0 saturated heterocycles. The molecule has 0 saturated carbocycles. The summed E-state index contributed by atoms with van der Waals surface area (Å²) in [4.78, 5) is 0. The fourth-order valence-corrected chi connectivity index (χ4v) is 1.75. The van der Waals surface area contributed by atoms with Crippen LogP contribution in [0.1, 0.15) is 18.9 Å². The molecule has 0 aliphatic rings. The molecule has 0 aliphatic heterocycles. The Labute approximate surface area is 113 Å². The highest BCUT2D eigenvalue weighted by atomic mass is 32.2. The van der Waals surface area contributed by atoms with Crippen molar-refractivity contribution >= 4 is 11.8 Å². The number of thioether (sulfide) groups is 1. The number of nitriles is 1. The van der Waals surface area contributed by atoms with E-state index >= 15 is 0 Å². The third-order valence-corrected chi connectivity index (χ3v) is 2.86. The molecule has 19 heavy (non-hydrogen) atoms. The van der Waals surface area contributed by atoms with Crippen molar-refractivity contribution in [3.63, 3.8) is 0 Å². The molecule has 1 heterocycles. The van der Waals surface area contributed by atoms with E-state index in [0.717, 1.165) is 11.8 Å². The van der Waals surface area contributed by atoms with Gasteiger partial charge in [-0.15, -0.1) is 10.2 Å². The Morgan fingerprint density at radius 1 is 1.47 bits per heavy atom. The number of rotatable bonds is 5. The Morgan fingerprint density at radius 2 is 2.26 bits per heavy atom. The zero-order valence-corrected chi connectivity index (χ0v) is 10.9. The number of halogens is 1. The summed E-state index contributed by atoms with van der Waals surface area (Å²) in [5, 5.41) is 16.3. The molecule has 7 heteroatoms. The molecule has 0 radical (unpaired) electrons. The Hall–Kier alpha value is -2.07. The highest BCUT2D eigenvalue weighted by Gasteiger charge is 2.17. The van der Waals surface area contributed by atoms with Gasteiger partial charge in [-0.1, -0.05) is 23.9 Å². The maximum Gasteiger partial charge on any atom is 0.277 e. The maximum atomic E-state index is 13.4. The minimum atomic E-state index is -0.569. The second-order valence-corrected chi connectivity index (χ2v) is 4.47. The molecular formula is C12H10FN3O2S. The predicted molar refractivity (Wildman–Crippen MR) is 66.1 cm³/mol. The summed E-state index contributed by atoms with van der Waals surface area (Å²) in [5.41, 5.74) is 0. The van der Waals surface area contributed by atoms with Gasteiger partial charge in [-0.2, -0.15) is 5.26 Å². The van der Waals surface area contributed by atoms with Gasteiger partial charge in [0.1, 0.15) is 0 Å². The zero-order chi connectivity index (χ0) is 13.7. The van der Waals surface area contributed by atoms with Crippen LogP contribution in [-0.2, 0) is 0 Å². The van der Waals surface area contributed by atoms with Crippen molar-refractivity contribution in [1.82, 2.24) is 10.2 Å². The number of hydrogen-bond acceptors (Lipinski definition) is 6. The Kier molecular flexibility index (Phi) is 4.36. The SMILES string of the molecule is C[C@@H](Oc1ccccc1F)c1nnc(SCC#N)o1. The average Bonchev–Trinajstić information content (AvgIpc) is 2.88. The van der Waals surface area contributed by atoms with Crippen molar-refractivity contribution in [2.45, 2.75) is 18.3 Å². The van der Waals surface area contributed by atoms with Crippen molar-refractivity contribution in [2.75, 3.05) is 5.75 Å². The lowest BCUT2D eigenvalue weighted by atomic mass is 10.3. The molecule has 98 valence electrons. The highest BCUT2D eigenvalue weighted by molar-refractivity contribution is 7.99. The standard InChI is InChI=1S/C12H10FN3O2S/c1-8(17-10-5-3-2-4-9(10)13)11-15-16-12(18-11)19-7-6-14/h2-5,8H,7H2,1H3/t8-/m1/s1. The molecule has 0 N–H and O–H groups in total. The number of nitrogens with zero attached hydrogens (tertiary/aromatic N) is 3. The summed E-state index contributed by atoms with van der Waals surface area (Å²) in [6, 6.07) is 8.04. The first-order chi connectivity index (χ1) is 9.20. The highest BCUT2D eigenvalue weighted by Crippen LogP contribution is 2.25. The van der Waals surface area contributed by atoms with Crippen LogP contribution in [-0.4, -0.2) is 16.0 Å².